The van der Waals surface area contributed by atoms with Gasteiger partial charge in [-0.05, 0) is 141 Å². The van der Waals surface area contributed by atoms with Crippen LogP contribution in [0.1, 0.15) is 45.6 Å². The summed E-state index contributed by atoms with van der Waals surface area (Å²) in [6.07, 6.45) is 17.3. The Morgan fingerprint density at radius 2 is 0.385 bits per heavy atom. The number of hydrogen-bond acceptors (Lipinski definition) is 4. The van der Waals surface area contributed by atoms with E-state index in [1.807, 2.05) is 0 Å². The van der Waals surface area contributed by atoms with Gasteiger partial charge in [-0.25, -0.2) is 19.9 Å². The molecule has 0 fully saturated rings. The number of rotatable bonds is 9. The number of nitrogens with one attached hydrogen (secondary N) is 4. The average Bonchev–Trinajstić information content (AvgIpc) is 1.58. The van der Waals surface area contributed by atoms with Gasteiger partial charge in [0, 0.05) is 88.7 Å². The normalized spacial score (nSPS) is 12.2. The minimum absolute atomic E-state index is 0.800. The fourth-order valence-corrected chi connectivity index (χ4v) is 14.3. The van der Waals surface area contributed by atoms with Crippen molar-refractivity contribution in [2.75, 3.05) is 0 Å². The number of hydrogen-bond donors (Lipinski definition) is 4. The Hall–Kier alpha value is -13.0. The molecular weight excluding hydrogens is 1170 g/mol. The first-order chi connectivity index (χ1) is 47.6. The summed E-state index contributed by atoms with van der Waals surface area (Å²) in [4.78, 5) is 38.9. The van der Waals surface area contributed by atoms with Gasteiger partial charge in [-0.15, -0.1) is 0 Å². The lowest BCUT2D eigenvalue weighted by Gasteiger charge is -2.13. The van der Waals surface area contributed by atoms with Gasteiger partial charge in [-0.2, -0.15) is 0 Å². The molecule has 0 saturated heterocycles. The van der Waals surface area contributed by atoms with E-state index < -0.39 is 0 Å². The average molecular weight is 1230 g/mol. The van der Waals surface area contributed by atoms with Crippen LogP contribution in [0.4, 0.5) is 0 Å². The first kappa shape index (κ1) is 55.8. The van der Waals surface area contributed by atoms with E-state index in [-0.39, 0.29) is 0 Å². The van der Waals surface area contributed by atoms with Crippen molar-refractivity contribution < 1.29 is 0 Å². The number of fused-ring (bicyclic) bond motifs is 16. The molecule has 0 amide bonds. The lowest BCUT2D eigenvalue weighted by atomic mass is 9.92. The molecule has 0 spiro atoms. The van der Waals surface area contributed by atoms with Gasteiger partial charge in [-0.3, -0.25) is 0 Å². The van der Waals surface area contributed by atoms with Crippen LogP contribution in [0.3, 0.4) is 0 Å². The quantitative estimate of drug-likeness (QED) is 0.115. The minimum Gasteiger partial charge on any atom is -0.354 e. The van der Waals surface area contributed by atoms with E-state index in [4.69, 9.17) is 19.9 Å². The molecule has 4 N–H and O–H groups in total. The van der Waals surface area contributed by atoms with Crippen molar-refractivity contribution in [2.24, 2.45) is 0 Å². The molecule has 8 aromatic carbocycles. The van der Waals surface area contributed by atoms with Crippen LogP contribution in [0.5, 0.6) is 0 Å². The molecule has 4 aliphatic rings. The minimum atomic E-state index is 0.800. The van der Waals surface area contributed by atoms with E-state index in [1.54, 1.807) is 0 Å². The van der Waals surface area contributed by atoms with Crippen LogP contribution < -0.4 is 0 Å². The molecule has 6 aromatic heterocycles. The van der Waals surface area contributed by atoms with Crippen molar-refractivity contribution in [1.29, 1.82) is 0 Å². The van der Waals surface area contributed by atoms with E-state index in [9.17, 15) is 0 Å². The van der Waals surface area contributed by atoms with Crippen molar-refractivity contribution >= 4 is 92.7 Å². The molecule has 450 valence electrons. The molecule has 96 heavy (non-hydrogen) atoms. The smallest absolute Gasteiger partial charge is 0.0737 e. The molecule has 0 unspecified atom stereocenters. The number of aromatic amines is 4. The third-order valence-corrected chi connectivity index (χ3v) is 18.5. The van der Waals surface area contributed by atoms with Crippen LogP contribution >= 0.6 is 0 Å². The highest BCUT2D eigenvalue weighted by Crippen LogP contribution is 2.47. The van der Waals surface area contributed by atoms with Crippen LogP contribution in [0, 0.1) is 0 Å². The van der Waals surface area contributed by atoms with Gasteiger partial charge in [0.2, 0.25) is 0 Å². The molecule has 8 nitrogen and oxygen atoms in total. The Labute approximate surface area is 554 Å². The highest BCUT2D eigenvalue weighted by molar-refractivity contribution is 6.09. The molecule has 0 radical (unpaired) electrons. The summed E-state index contributed by atoms with van der Waals surface area (Å²) in [6.45, 7) is 0. The van der Waals surface area contributed by atoms with Gasteiger partial charge in [0.05, 0.1) is 51.1 Å². The van der Waals surface area contributed by atoms with Crippen LogP contribution in [-0.4, -0.2) is 39.9 Å². The van der Waals surface area contributed by atoms with Crippen LogP contribution in [0.15, 0.2) is 279 Å². The van der Waals surface area contributed by atoms with Gasteiger partial charge in [0.15, 0.2) is 0 Å². The second-order valence-electron chi connectivity index (χ2n) is 24.3. The first-order valence-electron chi connectivity index (χ1n) is 32.4. The van der Waals surface area contributed by atoms with Crippen LogP contribution in [0.2, 0.25) is 0 Å². The highest BCUT2D eigenvalue weighted by Gasteiger charge is 2.26. The number of aromatic nitrogens is 8. The zero-order chi connectivity index (χ0) is 63.5. The van der Waals surface area contributed by atoms with Gasteiger partial charge in [0.1, 0.15) is 0 Å². The fourth-order valence-electron chi connectivity index (χ4n) is 14.3. The maximum absolute atomic E-state index is 5.81. The van der Waals surface area contributed by atoms with E-state index in [2.05, 4.69) is 348 Å². The standard InChI is InChI=1S/C88H58N8/c1-8-24-55(25-9-1)80-65-41-44-69(90-65)83(58-30-14-4-15-31-58)73-49-52-77(94-73)87(78-53-50-74(95-78)84(59-32-16-5-17-33-59)70-45-42-66(80)91-70)63-39-23-22-38-62(63)64-54-79-85(60-34-18-6-19-35-60)75-47-46-71(92-75)81(56-26-10-2-11-27-56)67-40-43-68(89-67)82(57-28-12-3-13-29-57)72-48-51-76(93-72)86(88(64)96-79)61-36-20-7-21-37-61/h1-54,89-90,95-96H. The second-order valence-corrected chi connectivity index (χ2v) is 24.3. The molecule has 0 aliphatic carbocycles. The summed E-state index contributed by atoms with van der Waals surface area (Å²) < 4.78 is 0. The van der Waals surface area contributed by atoms with E-state index in [1.165, 1.54) is 0 Å². The maximum atomic E-state index is 5.81. The van der Waals surface area contributed by atoms with Crippen molar-refractivity contribution in [3.8, 4) is 100 Å². The Bertz CT molecular complexity index is 5860. The van der Waals surface area contributed by atoms with Gasteiger partial charge in [-0.1, -0.05) is 237 Å². The van der Waals surface area contributed by atoms with Crippen molar-refractivity contribution in [2.45, 2.75) is 0 Å². The second kappa shape index (κ2) is 23.6. The van der Waals surface area contributed by atoms with Crippen molar-refractivity contribution in [3.63, 3.8) is 0 Å². The summed E-state index contributed by atoms with van der Waals surface area (Å²) in [5.74, 6) is 0. The van der Waals surface area contributed by atoms with Crippen LogP contribution in [0.25, 0.3) is 193 Å². The molecule has 16 bridgehead atoms. The monoisotopic (exact) mass is 1230 g/mol. The zero-order valence-electron chi connectivity index (χ0n) is 52.0. The number of H-pyrrole nitrogens is 4. The summed E-state index contributed by atoms with van der Waals surface area (Å²) >= 11 is 0. The van der Waals surface area contributed by atoms with E-state index >= 15 is 0 Å². The fraction of sp³-hybridized carbons (Fsp3) is 0. The lowest BCUT2D eigenvalue weighted by molar-refractivity contribution is 1.31. The van der Waals surface area contributed by atoms with Gasteiger partial charge < -0.3 is 19.9 Å². The van der Waals surface area contributed by atoms with Crippen LogP contribution in [-0.2, 0) is 0 Å². The molecule has 10 heterocycles. The topological polar surface area (TPSA) is 115 Å². The Kier molecular flexibility index (Phi) is 13.7. The third-order valence-electron chi connectivity index (χ3n) is 18.5. The predicted octanol–water partition coefficient (Wildman–Crippen LogP) is 22.6. The molecule has 0 saturated carbocycles. The summed E-state index contributed by atoms with van der Waals surface area (Å²) in [6, 6.07) is 98.5. The first-order valence-corrected chi connectivity index (χ1v) is 32.4. The largest absolute Gasteiger partial charge is 0.354 e. The summed E-state index contributed by atoms with van der Waals surface area (Å²) in [5, 5.41) is 0. The zero-order valence-corrected chi connectivity index (χ0v) is 52.0. The van der Waals surface area contributed by atoms with Crippen molar-refractivity contribution in [3.05, 3.63) is 325 Å². The molecular formula is C88H58N8. The van der Waals surface area contributed by atoms with E-state index in [0.29, 0.717) is 0 Å². The molecule has 18 rings (SSSR count). The Morgan fingerprint density at radius 3 is 0.677 bits per heavy atom. The summed E-state index contributed by atoms with van der Waals surface area (Å²) in [5.41, 5.74) is 31.9. The predicted molar refractivity (Wildman–Crippen MR) is 400 cm³/mol. The maximum Gasteiger partial charge on any atom is 0.0737 e. The SMILES string of the molecule is C1=Cc2nc1c(-c1ccccc1)c1ccc([nH]1)c(-c1ccccc1)c1nc(c(-c3ccccc3-c3cc4[nH]c3c(-c3ccccc3)c3nc(c(-c5ccccc5)c5ccc([nH]5)c(-c5ccccc5)c5nc(c4-c4ccccc4)C=C5)C=C3)c3ccc([nH]3)c2-c2ccccc2)C=C1. The highest BCUT2D eigenvalue weighted by atomic mass is 14.8. The summed E-state index contributed by atoms with van der Waals surface area (Å²) in [7, 11) is 0. The Balaban J connectivity index is 0.994. The van der Waals surface area contributed by atoms with Gasteiger partial charge in [0.25, 0.3) is 0 Å². The van der Waals surface area contributed by atoms with Gasteiger partial charge >= 0.3 is 0 Å². The Morgan fingerprint density at radius 1 is 0.167 bits per heavy atom. The third kappa shape index (κ3) is 9.87. The molecule has 14 aromatic rings. The number of benzene rings is 8. The molecule has 8 heteroatoms. The lowest BCUT2D eigenvalue weighted by Crippen LogP contribution is -1.92. The van der Waals surface area contributed by atoms with Crippen molar-refractivity contribution in [1.82, 2.24) is 39.9 Å². The van der Waals surface area contributed by atoms with E-state index in [0.717, 1.165) is 190 Å². The number of nitrogens with zero attached hydrogens (tertiary/aromatic N) is 4. The molecule has 4 aliphatic heterocycles. The molecule has 0 atom stereocenters.